The number of fused-ring (bicyclic) bond motifs is 1. The molecule has 5 nitrogen and oxygen atoms in total. The van der Waals surface area contributed by atoms with Gasteiger partial charge in [-0.25, -0.2) is 4.79 Å². The Bertz CT molecular complexity index is 827. The predicted octanol–water partition coefficient (Wildman–Crippen LogP) is 3.60. The lowest BCUT2D eigenvalue weighted by Gasteiger charge is -2.17. The molecule has 0 bridgehead atoms. The van der Waals surface area contributed by atoms with Crippen LogP contribution in [-0.4, -0.2) is 29.3 Å². The molecule has 3 rings (SSSR count). The van der Waals surface area contributed by atoms with Crippen LogP contribution in [0.2, 0.25) is 0 Å². The second-order valence-corrected chi connectivity index (χ2v) is 5.77. The lowest BCUT2D eigenvalue weighted by atomic mass is 9.98. The van der Waals surface area contributed by atoms with Crippen LogP contribution in [0.15, 0.2) is 54.7 Å². The van der Waals surface area contributed by atoms with Crippen LogP contribution in [0.25, 0.3) is 10.9 Å². The zero-order chi connectivity index (χ0) is 16.9. The van der Waals surface area contributed by atoms with Gasteiger partial charge in [0, 0.05) is 23.1 Å². The summed E-state index contributed by atoms with van der Waals surface area (Å²) >= 11 is 0. The second-order valence-electron chi connectivity index (χ2n) is 5.77. The Morgan fingerprint density at radius 1 is 1.21 bits per heavy atom. The average molecular weight is 324 g/mol. The highest BCUT2D eigenvalue weighted by atomic mass is 16.5. The minimum atomic E-state index is -1.01. The van der Waals surface area contributed by atoms with Gasteiger partial charge < -0.3 is 20.1 Å². The van der Waals surface area contributed by atoms with Gasteiger partial charge in [-0.05, 0) is 42.2 Å². The van der Waals surface area contributed by atoms with Crippen molar-refractivity contribution in [2.75, 3.05) is 7.11 Å². The molecule has 24 heavy (non-hydrogen) atoms. The van der Waals surface area contributed by atoms with Gasteiger partial charge in [0.15, 0.2) is 0 Å². The van der Waals surface area contributed by atoms with Crippen LogP contribution in [0.5, 0.6) is 5.75 Å². The van der Waals surface area contributed by atoms with E-state index in [2.05, 4.69) is 10.3 Å². The summed E-state index contributed by atoms with van der Waals surface area (Å²) in [4.78, 5) is 14.4. The van der Waals surface area contributed by atoms with E-state index in [4.69, 9.17) is 9.84 Å². The Morgan fingerprint density at radius 3 is 2.71 bits per heavy atom. The molecule has 3 N–H and O–H groups in total. The average Bonchev–Trinajstić information content (AvgIpc) is 2.97. The molecule has 124 valence electrons. The van der Waals surface area contributed by atoms with Crippen LogP contribution in [0.1, 0.15) is 11.1 Å². The summed E-state index contributed by atoms with van der Waals surface area (Å²) in [6.07, 6.45) is 2.18. The van der Waals surface area contributed by atoms with E-state index < -0.39 is 6.09 Å². The van der Waals surface area contributed by atoms with Crippen LogP contribution in [0.4, 0.5) is 4.79 Å². The molecule has 1 heterocycles. The molecule has 0 saturated carbocycles. The number of aromatic amines is 1. The third-order valence-electron chi connectivity index (χ3n) is 4.09. The number of amides is 1. The summed E-state index contributed by atoms with van der Waals surface area (Å²) in [5, 5.41) is 12.8. The van der Waals surface area contributed by atoms with E-state index in [9.17, 15) is 4.79 Å². The molecule has 1 amide bonds. The van der Waals surface area contributed by atoms with Crippen molar-refractivity contribution in [2.24, 2.45) is 0 Å². The molecule has 0 fully saturated rings. The van der Waals surface area contributed by atoms with Gasteiger partial charge >= 0.3 is 6.09 Å². The van der Waals surface area contributed by atoms with Crippen molar-refractivity contribution in [3.8, 4) is 5.75 Å². The Morgan fingerprint density at radius 2 is 2.00 bits per heavy atom. The monoisotopic (exact) mass is 324 g/mol. The van der Waals surface area contributed by atoms with Crippen molar-refractivity contribution in [1.29, 1.82) is 0 Å². The summed E-state index contributed by atoms with van der Waals surface area (Å²) in [7, 11) is 1.64. The number of hydrogen-bond acceptors (Lipinski definition) is 2. The Labute approximate surface area is 140 Å². The van der Waals surface area contributed by atoms with Crippen LogP contribution in [0, 0.1) is 0 Å². The molecular weight excluding hydrogens is 304 g/mol. The zero-order valence-corrected chi connectivity index (χ0v) is 13.5. The minimum absolute atomic E-state index is 0.199. The van der Waals surface area contributed by atoms with E-state index in [0.717, 1.165) is 27.8 Å². The van der Waals surface area contributed by atoms with E-state index in [1.165, 1.54) is 0 Å². The summed E-state index contributed by atoms with van der Waals surface area (Å²) in [6, 6.07) is 15.5. The summed E-state index contributed by atoms with van der Waals surface area (Å²) in [6.45, 7) is 0. The Hall–Kier alpha value is -2.95. The largest absolute Gasteiger partial charge is 0.497 e. The van der Waals surface area contributed by atoms with Gasteiger partial charge in [-0.15, -0.1) is 0 Å². The van der Waals surface area contributed by atoms with Gasteiger partial charge in [-0.3, -0.25) is 0 Å². The summed E-state index contributed by atoms with van der Waals surface area (Å²) in [5.74, 6) is 0.786. The molecule has 0 spiro atoms. The van der Waals surface area contributed by atoms with Crippen molar-refractivity contribution in [2.45, 2.75) is 18.9 Å². The van der Waals surface area contributed by atoms with Gasteiger partial charge in [0.1, 0.15) is 5.75 Å². The first-order valence-electron chi connectivity index (χ1n) is 7.83. The maximum absolute atomic E-state index is 11.2. The minimum Gasteiger partial charge on any atom is -0.497 e. The zero-order valence-electron chi connectivity index (χ0n) is 13.5. The van der Waals surface area contributed by atoms with Crippen molar-refractivity contribution >= 4 is 17.0 Å². The van der Waals surface area contributed by atoms with E-state index in [1.807, 2.05) is 54.7 Å². The number of benzene rings is 2. The number of nitrogens with one attached hydrogen (secondary N) is 2. The van der Waals surface area contributed by atoms with E-state index in [-0.39, 0.29) is 6.04 Å². The molecule has 0 aliphatic heterocycles. The normalized spacial score (nSPS) is 12.0. The first kappa shape index (κ1) is 15.9. The van der Waals surface area contributed by atoms with Gasteiger partial charge in [0.2, 0.25) is 0 Å². The van der Waals surface area contributed by atoms with E-state index >= 15 is 0 Å². The van der Waals surface area contributed by atoms with Crippen molar-refractivity contribution in [1.82, 2.24) is 10.3 Å². The first-order valence-corrected chi connectivity index (χ1v) is 7.83. The van der Waals surface area contributed by atoms with Crippen LogP contribution >= 0.6 is 0 Å². The number of carbonyl (C=O) groups is 1. The SMILES string of the molecule is COc1ccc2[nH]cc(C[C@@H](Cc3ccccc3)NC(=O)O)c2c1. The van der Waals surface area contributed by atoms with Gasteiger partial charge in [0.05, 0.1) is 7.11 Å². The number of carboxylic acid groups (broad SMARTS) is 1. The summed E-state index contributed by atoms with van der Waals surface area (Å²) < 4.78 is 5.29. The molecular formula is C19H20N2O3. The fourth-order valence-electron chi connectivity index (χ4n) is 2.97. The molecule has 0 radical (unpaired) electrons. The first-order chi connectivity index (χ1) is 11.7. The highest BCUT2D eigenvalue weighted by molar-refractivity contribution is 5.84. The fraction of sp³-hybridized carbons (Fsp3) is 0.211. The summed E-state index contributed by atoms with van der Waals surface area (Å²) in [5.41, 5.74) is 3.19. The number of methoxy groups -OCH3 is 1. The number of rotatable bonds is 6. The topological polar surface area (TPSA) is 74.3 Å². The quantitative estimate of drug-likeness (QED) is 0.648. The molecule has 1 aromatic heterocycles. The van der Waals surface area contributed by atoms with Gasteiger partial charge in [0.25, 0.3) is 0 Å². The lowest BCUT2D eigenvalue weighted by molar-refractivity contribution is 0.189. The van der Waals surface area contributed by atoms with Crippen LogP contribution in [0.3, 0.4) is 0 Å². The molecule has 0 aliphatic rings. The molecule has 5 heteroatoms. The maximum atomic E-state index is 11.2. The molecule has 2 aromatic carbocycles. The Kier molecular flexibility index (Phi) is 4.70. The second kappa shape index (κ2) is 7.08. The van der Waals surface area contributed by atoms with Gasteiger partial charge in [-0.2, -0.15) is 0 Å². The molecule has 0 aliphatic carbocycles. The Balaban J connectivity index is 1.85. The third kappa shape index (κ3) is 3.68. The highest BCUT2D eigenvalue weighted by Crippen LogP contribution is 2.25. The third-order valence-corrected chi connectivity index (χ3v) is 4.09. The lowest BCUT2D eigenvalue weighted by Crippen LogP contribution is -2.37. The molecule has 0 saturated heterocycles. The number of aromatic nitrogens is 1. The highest BCUT2D eigenvalue weighted by Gasteiger charge is 2.16. The van der Waals surface area contributed by atoms with Crippen molar-refractivity contribution in [3.05, 3.63) is 65.9 Å². The van der Waals surface area contributed by atoms with Crippen molar-refractivity contribution in [3.63, 3.8) is 0 Å². The standard InChI is InChI=1S/C19H20N2O3/c1-24-16-7-8-18-17(11-16)14(12-20-18)10-15(21-19(22)23)9-13-5-3-2-4-6-13/h2-8,11-12,15,20-21H,9-10H2,1H3,(H,22,23)/t15-/m1/s1. The van der Waals surface area contributed by atoms with Crippen LogP contribution < -0.4 is 10.1 Å². The smallest absolute Gasteiger partial charge is 0.404 e. The molecule has 0 unspecified atom stereocenters. The number of hydrogen-bond donors (Lipinski definition) is 3. The number of ether oxygens (including phenoxy) is 1. The van der Waals surface area contributed by atoms with Crippen LogP contribution in [-0.2, 0) is 12.8 Å². The number of H-pyrrole nitrogens is 1. The molecule has 1 atom stereocenters. The predicted molar refractivity (Wildman–Crippen MR) is 93.6 cm³/mol. The van der Waals surface area contributed by atoms with Gasteiger partial charge in [-0.1, -0.05) is 30.3 Å². The molecule has 3 aromatic rings. The van der Waals surface area contributed by atoms with E-state index in [0.29, 0.717) is 12.8 Å². The van der Waals surface area contributed by atoms with Crippen molar-refractivity contribution < 1.29 is 14.6 Å². The maximum Gasteiger partial charge on any atom is 0.404 e. The van der Waals surface area contributed by atoms with E-state index in [1.54, 1.807) is 7.11 Å². The fourth-order valence-corrected chi connectivity index (χ4v) is 2.97.